The van der Waals surface area contributed by atoms with Crippen LogP contribution < -0.4 is 4.90 Å². The van der Waals surface area contributed by atoms with E-state index >= 15 is 0 Å². The van der Waals surface area contributed by atoms with Crippen molar-refractivity contribution in [3.05, 3.63) is 29.3 Å². The Morgan fingerprint density at radius 2 is 1.84 bits per heavy atom. The lowest BCUT2D eigenvalue weighted by Gasteiger charge is -2.32. The molecule has 4 heteroatoms. The Balaban J connectivity index is 1.65. The zero-order chi connectivity index (χ0) is 13.7. The molecule has 1 heterocycles. The summed E-state index contributed by atoms with van der Waals surface area (Å²) >= 11 is 7.79. The molecule has 0 aromatic heterocycles. The second kappa shape index (κ2) is 7.53. The van der Waals surface area contributed by atoms with Crippen LogP contribution in [0.5, 0.6) is 0 Å². The van der Waals surface area contributed by atoms with Gasteiger partial charge in [-0.2, -0.15) is 0 Å². The fraction of sp³-hybridized carbons (Fsp3) is 0.600. The molecule has 0 spiro atoms. The summed E-state index contributed by atoms with van der Waals surface area (Å²) in [6.45, 7) is 7.90. The van der Waals surface area contributed by atoms with Crippen molar-refractivity contribution in [3.8, 4) is 0 Å². The van der Waals surface area contributed by atoms with E-state index in [0.717, 1.165) is 18.1 Å². The molecule has 19 heavy (non-hydrogen) atoms. The molecule has 0 unspecified atom stereocenters. The van der Waals surface area contributed by atoms with Crippen LogP contribution in [0.25, 0.3) is 0 Å². The molecule has 2 nitrogen and oxygen atoms in total. The minimum atomic E-state index is 0.405. The van der Waals surface area contributed by atoms with E-state index in [1.165, 1.54) is 23.6 Å². The summed E-state index contributed by atoms with van der Waals surface area (Å²) < 4.78 is 5.76. The Hall–Kier alpha value is -0.220. The van der Waals surface area contributed by atoms with Gasteiger partial charge in [0.15, 0.2) is 0 Å². The lowest BCUT2D eigenvalue weighted by atomic mass is 10.2. The first-order valence-electron chi connectivity index (χ1n) is 7.01. The van der Waals surface area contributed by atoms with E-state index in [0.29, 0.717) is 12.2 Å². The molecular weight excluding hydrogens is 278 g/mol. The molecule has 1 saturated heterocycles. The van der Waals surface area contributed by atoms with Crippen molar-refractivity contribution in [2.24, 2.45) is 0 Å². The predicted molar refractivity (Wildman–Crippen MR) is 82.4 cm³/mol. The minimum Gasteiger partial charge on any atom is -0.364 e. The highest BCUT2D eigenvalue weighted by molar-refractivity contribution is 7.99. The number of hydrogen-bond donors (Lipinski definition) is 1. The fourth-order valence-electron chi connectivity index (χ4n) is 2.64. The first-order chi connectivity index (χ1) is 9.13. The van der Waals surface area contributed by atoms with Crippen molar-refractivity contribution in [2.75, 3.05) is 25.4 Å². The number of nitrogens with one attached hydrogen (secondary N) is 1. The summed E-state index contributed by atoms with van der Waals surface area (Å²) in [6.07, 6.45) is 2.06. The van der Waals surface area contributed by atoms with Gasteiger partial charge in [-0.3, -0.25) is 0 Å². The van der Waals surface area contributed by atoms with Crippen LogP contribution in [0.4, 0.5) is 0 Å². The van der Waals surface area contributed by atoms with Crippen molar-refractivity contribution in [1.82, 2.24) is 0 Å². The lowest BCUT2D eigenvalue weighted by Crippen LogP contribution is -3.15. The molecular formula is C15H23ClNOS+. The number of benzene rings is 1. The van der Waals surface area contributed by atoms with Crippen LogP contribution >= 0.6 is 23.4 Å². The summed E-state index contributed by atoms with van der Waals surface area (Å²) in [6, 6.07) is 8.11. The Bertz CT molecular complexity index is 374. The SMILES string of the molecule is C[C@H]1C[NH+](CCCSc2ccc(Cl)cc2)C[C@H](C)O1. The predicted octanol–water partition coefficient (Wildman–Crippen LogP) is 2.51. The summed E-state index contributed by atoms with van der Waals surface area (Å²) in [5.74, 6) is 1.18. The van der Waals surface area contributed by atoms with Crippen LogP contribution in [0, 0.1) is 0 Å². The molecule has 0 aliphatic carbocycles. The van der Waals surface area contributed by atoms with E-state index in [2.05, 4.69) is 26.0 Å². The van der Waals surface area contributed by atoms with Crippen LogP contribution in [-0.4, -0.2) is 37.6 Å². The number of halogens is 1. The number of ether oxygens (including phenoxy) is 1. The number of hydrogen-bond acceptors (Lipinski definition) is 2. The van der Waals surface area contributed by atoms with Crippen molar-refractivity contribution < 1.29 is 9.64 Å². The van der Waals surface area contributed by atoms with E-state index in [1.807, 2.05) is 23.9 Å². The molecule has 1 aromatic rings. The number of morpholine rings is 1. The maximum Gasteiger partial charge on any atom is 0.104 e. The molecule has 2 atom stereocenters. The highest BCUT2D eigenvalue weighted by Crippen LogP contribution is 2.20. The average Bonchev–Trinajstić information content (AvgIpc) is 2.36. The molecule has 1 aromatic carbocycles. The van der Waals surface area contributed by atoms with Crippen molar-refractivity contribution in [2.45, 2.75) is 37.4 Å². The molecule has 0 saturated carbocycles. The molecule has 2 rings (SSSR count). The van der Waals surface area contributed by atoms with E-state index < -0.39 is 0 Å². The van der Waals surface area contributed by atoms with Gasteiger partial charge in [-0.15, -0.1) is 11.8 Å². The topological polar surface area (TPSA) is 13.7 Å². The van der Waals surface area contributed by atoms with Gasteiger partial charge >= 0.3 is 0 Å². The molecule has 1 aliphatic rings. The third kappa shape index (κ3) is 5.35. The zero-order valence-electron chi connectivity index (χ0n) is 11.7. The largest absolute Gasteiger partial charge is 0.364 e. The quantitative estimate of drug-likeness (QED) is 0.663. The van der Waals surface area contributed by atoms with Gasteiger partial charge in [0.1, 0.15) is 25.3 Å². The van der Waals surface area contributed by atoms with E-state index in [-0.39, 0.29) is 0 Å². The Labute approximate surface area is 125 Å². The summed E-state index contributed by atoms with van der Waals surface area (Å²) in [5.41, 5.74) is 0. The smallest absolute Gasteiger partial charge is 0.104 e. The van der Waals surface area contributed by atoms with E-state index in [9.17, 15) is 0 Å². The van der Waals surface area contributed by atoms with Gasteiger partial charge in [-0.1, -0.05) is 11.6 Å². The monoisotopic (exact) mass is 300 g/mol. The maximum atomic E-state index is 5.88. The first-order valence-corrected chi connectivity index (χ1v) is 8.37. The molecule has 1 fully saturated rings. The van der Waals surface area contributed by atoms with Gasteiger partial charge in [0.25, 0.3) is 0 Å². The molecule has 1 aliphatic heterocycles. The third-order valence-electron chi connectivity index (χ3n) is 3.37. The van der Waals surface area contributed by atoms with Crippen LogP contribution in [0.15, 0.2) is 29.2 Å². The summed E-state index contributed by atoms with van der Waals surface area (Å²) in [7, 11) is 0. The van der Waals surface area contributed by atoms with Crippen LogP contribution in [0.3, 0.4) is 0 Å². The van der Waals surface area contributed by atoms with Crippen LogP contribution in [-0.2, 0) is 4.74 Å². The first kappa shape index (κ1) is 15.2. The normalized spacial score (nSPS) is 27.4. The third-order valence-corrected chi connectivity index (χ3v) is 4.72. The average molecular weight is 301 g/mol. The van der Waals surface area contributed by atoms with Crippen molar-refractivity contribution in [1.29, 1.82) is 0 Å². The van der Waals surface area contributed by atoms with Crippen molar-refractivity contribution in [3.63, 3.8) is 0 Å². The number of thioether (sulfide) groups is 1. The summed E-state index contributed by atoms with van der Waals surface area (Å²) in [4.78, 5) is 2.99. The standard InChI is InChI=1S/C15H22ClNOS/c1-12-10-17(11-13(2)18-12)8-3-9-19-15-6-4-14(16)5-7-15/h4-7,12-13H,3,8-11H2,1-2H3/p+1/t12-,13-/m0/s1. The molecule has 0 amide bonds. The second-order valence-electron chi connectivity index (χ2n) is 5.32. The van der Waals surface area contributed by atoms with Gasteiger partial charge < -0.3 is 9.64 Å². The second-order valence-corrected chi connectivity index (χ2v) is 6.93. The molecule has 1 N–H and O–H groups in total. The lowest BCUT2D eigenvalue weighted by molar-refractivity contribution is -0.915. The summed E-state index contributed by atoms with van der Waals surface area (Å²) in [5, 5.41) is 0.810. The van der Waals surface area contributed by atoms with E-state index in [4.69, 9.17) is 16.3 Å². The molecule has 0 bridgehead atoms. The number of rotatable bonds is 5. The van der Waals surface area contributed by atoms with Crippen LogP contribution in [0.1, 0.15) is 20.3 Å². The Morgan fingerprint density at radius 3 is 2.47 bits per heavy atom. The highest BCUT2D eigenvalue weighted by Gasteiger charge is 2.24. The maximum absolute atomic E-state index is 5.88. The van der Waals surface area contributed by atoms with Gasteiger partial charge in [0.2, 0.25) is 0 Å². The van der Waals surface area contributed by atoms with Gasteiger partial charge in [0.05, 0.1) is 6.54 Å². The zero-order valence-corrected chi connectivity index (χ0v) is 13.3. The fourth-order valence-corrected chi connectivity index (χ4v) is 3.62. The van der Waals surface area contributed by atoms with Crippen LogP contribution in [0.2, 0.25) is 5.02 Å². The molecule has 0 radical (unpaired) electrons. The Morgan fingerprint density at radius 1 is 1.21 bits per heavy atom. The van der Waals surface area contributed by atoms with E-state index in [1.54, 1.807) is 4.90 Å². The van der Waals surface area contributed by atoms with Gasteiger partial charge in [0, 0.05) is 22.1 Å². The van der Waals surface area contributed by atoms with Gasteiger partial charge in [-0.05, 0) is 38.1 Å². The minimum absolute atomic E-state index is 0.405. The molecule has 106 valence electrons. The Kier molecular flexibility index (Phi) is 6.02. The number of quaternary nitrogens is 1. The highest BCUT2D eigenvalue weighted by atomic mass is 35.5. The van der Waals surface area contributed by atoms with Gasteiger partial charge in [-0.25, -0.2) is 0 Å². The van der Waals surface area contributed by atoms with Crippen molar-refractivity contribution >= 4 is 23.4 Å².